The molecule has 1 fully saturated rings. The fraction of sp³-hybridized carbons (Fsp3) is 0.250. The number of nitrogens with one attached hydrogen (secondary N) is 1. The second kappa shape index (κ2) is 10.7. The van der Waals surface area contributed by atoms with Crippen LogP contribution in [0.4, 0.5) is 5.82 Å². The maximum atomic E-state index is 14.2. The summed E-state index contributed by atoms with van der Waals surface area (Å²) in [6.07, 6.45) is 9.18. The van der Waals surface area contributed by atoms with Crippen LogP contribution in [0.5, 0.6) is 0 Å². The van der Waals surface area contributed by atoms with Gasteiger partial charge in [-0.05, 0) is 55.5 Å². The molecule has 2 aromatic carbocycles. The number of rotatable bonds is 4. The number of carbonyl (C=O) groups is 1. The van der Waals surface area contributed by atoms with E-state index in [4.69, 9.17) is 5.73 Å². The Morgan fingerprint density at radius 3 is 2.67 bits per heavy atom. The molecule has 3 N–H and O–H groups in total. The van der Waals surface area contributed by atoms with Crippen LogP contribution in [-0.2, 0) is 0 Å². The highest BCUT2D eigenvalue weighted by Gasteiger charge is 2.24. The van der Waals surface area contributed by atoms with E-state index >= 15 is 0 Å². The van der Waals surface area contributed by atoms with Crippen molar-refractivity contribution in [2.24, 2.45) is 5.92 Å². The van der Waals surface area contributed by atoms with Crippen molar-refractivity contribution in [3.8, 4) is 17.5 Å². The first-order valence-electron chi connectivity index (χ1n) is 13.7. The normalized spacial score (nSPS) is 14.5. The Morgan fingerprint density at radius 2 is 1.88 bits per heavy atom. The minimum Gasteiger partial charge on any atom is -0.381 e. The Hall–Kier alpha value is -4.90. The van der Waals surface area contributed by atoms with Crippen LogP contribution in [0.15, 0.2) is 77.9 Å². The average molecular weight is 531 g/mol. The lowest BCUT2D eigenvalue weighted by molar-refractivity contribution is 0.0941. The standard InChI is InChI=1S/C32H30N6O2/c1-21(35-31(39)28-29(33)36-37-19-9-18-34-30(28)37)26-20-24-13-8-12-23(17-16-22-10-4-2-5-11-22)27(24)32(40)38(26)25-14-6-3-7-15-25/h3,6-9,12-15,18-22H,2,4-5,10-11H2,1H3,(H2,33,36)(H,35,39). The number of pyridine rings is 1. The quantitative estimate of drug-likeness (QED) is 0.317. The highest BCUT2D eigenvalue weighted by Crippen LogP contribution is 2.26. The second-order valence-corrected chi connectivity index (χ2v) is 10.3. The number of anilines is 1. The Morgan fingerprint density at radius 1 is 1.07 bits per heavy atom. The van der Waals surface area contributed by atoms with Crippen LogP contribution in [0.3, 0.4) is 0 Å². The molecule has 1 aliphatic rings. The van der Waals surface area contributed by atoms with Crippen molar-refractivity contribution in [3.63, 3.8) is 0 Å². The zero-order valence-corrected chi connectivity index (χ0v) is 22.3. The van der Waals surface area contributed by atoms with Gasteiger partial charge in [-0.25, -0.2) is 9.50 Å². The summed E-state index contributed by atoms with van der Waals surface area (Å²) in [5.41, 5.74) is 8.54. The summed E-state index contributed by atoms with van der Waals surface area (Å²) in [6, 6.07) is 18.3. The summed E-state index contributed by atoms with van der Waals surface area (Å²) in [5, 5.41) is 8.57. The molecule has 0 spiro atoms. The minimum absolute atomic E-state index is 0.0866. The molecule has 40 heavy (non-hydrogen) atoms. The summed E-state index contributed by atoms with van der Waals surface area (Å²) in [7, 11) is 0. The van der Waals surface area contributed by atoms with E-state index in [9.17, 15) is 9.59 Å². The summed E-state index contributed by atoms with van der Waals surface area (Å²) in [4.78, 5) is 31.9. The molecule has 8 heteroatoms. The molecule has 1 aliphatic carbocycles. The van der Waals surface area contributed by atoms with Gasteiger partial charge in [0.15, 0.2) is 11.5 Å². The predicted octanol–water partition coefficient (Wildman–Crippen LogP) is 5.04. The number of nitrogens with two attached hydrogens (primary N) is 1. The van der Waals surface area contributed by atoms with Gasteiger partial charge >= 0.3 is 0 Å². The number of nitrogen functional groups attached to an aromatic ring is 1. The Kier molecular flexibility index (Phi) is 6.79. The first-order chi connectivity index (χ1) is 19.5. The topological polar surface area (TPSA) is 107 Å². The largest absolute Gasteiger partial charge is 0.381 e. The molecule has 200 valence electrons. The van der Waals surface area contributed by atoms with Crippen molar-refractivity contribution in [1.82, 2.24) is 24.5 Å². The molecule has 1 unspecified atom stereocenters. The zero-order valence-electron chi connectivity index (χ0n) is 22.3. The fourth-order valence-corrected chi connectivity index (χ4v) is 5.54. The monoisotopic (exact) mass is 530 g/mol. The third kappa shape index (κ3) is 4.71. The molecule has 5 aromatic rings. The maximum Gasteiger partial charge on any atom is 0.264 e. The number of hydrogen-bond donors (Lipinski definition) is 2. The van der Waals surface area contributed by atoms with E-state index in [-0.39, 0.29) is 16.9 Å². The van der Waals surface area contributed by atoms with Crippen LogP contribution in [0.2, 0.25) is 0 Å². The number of fused-ring (bicyclic) bond motifs is 2. The van der Waals surface area contributed by atoms with Crippen molar-refractivity contribution < 1.29 is 4.79 Å². The van der Waals surface area contributed by atoms with Gasteiger partial charge < -0.3 is 11.1 Å². The molecule has 0 bridgehead atoms. The molecule has 8 nitrogen and oxygen atoms in total. The van der Waals surface area contributed by atoms with Crippen LogP contribution < -0.4 is 16.6 Å². The van der Waals surface area contributed by atoms with Gasteiger partial charge in [0.2, 0.25) is 0 Å². The van der Waals surface area contributed by atoms with Crippen molar-refractivity contribution in [2.75, 3.05) is 5.73 Å². The number of hydrogen-bond acceptors (Lipinski definition) is 5. The number of benzene rings is 2. The lowest BCUT2D eigenvalue weighted by atomic mass is 9.89. The van der Waals surface area contributed by atoms with Gasteiger partial charge in [-0.15, -0.1) is 5.10 Å². The number of para-hydroxylation sites is 1. The average Bonchev–Trinajstić information content (AvgIpc) is 3.32. The predicted molar refractivity (Wildman–Crippen MR) is 156 cm³/mol. The van der Waals surface area contributed by atoms with Crippen molar-refractivity contribution >= 4 is 28.1 Å². The highest BCUT2D eigenvalue weighted by atomic mass is 16.2. The van der Waals surface area contributed by atoms with Crippen molar-refractivity contribution in [2.45, 2.75) is 45.1 Å². The highest BCUT2D eigenvalue weighted by molar-refractivity contribution is 6.04. The lowest BCUT2D eigenvalue weighted by Gasteiger charge is -2.21. The van der Waals surface area contributed by atoms with Gasteiger partial charge in [-0.3, -0.25) is 14.2 Å². The molecule has 0 aliphatic heterocycles. The summed E-state index contributed by atoms with van der Waals surface area (Å²) < 4.78 is 3.14. The van der Waals surface area contributed by atoms with Gasteiger partial charge in [-0.1, -0.05) is 61.4 Å². The number of nitrogens with zero attached hydrogens (tertiary/aromatic N) is 4. The Balaban J connectivity index is 1.45. The molecule has 3 aromatic heterocycles. The summed E-state index contributed by atoms with van der Waals surface area (Å²) in [6.45, 7) is 1.85. The summed E-state index contributed by atoms with van der Waals surface area (Å²) in [5.74, 6) is 6.81. The summed E-state index contributed by atoms with van der Waals surface area (Å²) >= 11 is 0. The zero-order chi connectivity index (χ0) is 27.6. The smallest absolute Gasteiger partial charge is 0.264 e. The third-order valence-corrected chi connectivity index (χ3v) is 7.55. The van der Waals surface area contributed by atoms with Gasteiger partial charge in [0.05, 0.1) is 11.4 Å². The van der Waals surface area contributed by atoms with E-state index in [0.29, 0.717) is 28.3 Å². The fourth-order valence-electron chi connectivity index (χ4n) is 5.54. The van der Waals surface area contributed by atoms with Crippen LogP contribution >= 0.6 is 0 Å². The van der Waals surface area contributed by atoms with E-state index in [0.717, 1.165) is 23.8 Å². The minimum atomic E-state index is -0.542. The van der Waals surface area contributed by atoms with E-state index in [1.807, 2.05) is 61.5 Å². The first-order valence-corrected chi connectivity index (χ1v) is 13.7. The number of aromatic nitrogens is 4. The first kappa shape index (κ1) is 25.4. The SMILES string of the molecule is CC(NC(=O)c1c(N)nn2cccnc12)c1cc2cccc(C#CC3CCCCC3)c2c(=O)n1-c1ccccc1. The number of amides is 1. The molecule has 0 radical (unpaired) electrons. The number of carbonyl (C=O) groups excluding carboxylic acids is 1. The van der Waals surface area contributed by atoms with Gasteiger partial charge in [0.1, 0.15) is 5.56 Å². The molecule has 3 heterocycles. The van der Waals surface area contributed by atoms with E-state index in [1.165, 1.54) is 23.8 Å². The third-order valence-electron chi connectivity index (χ3n) is 7.55. The molecule has 1 atom stereocenters. The van der Waals surface area contributed by atoms with Crippen LogP contribution in [-0.4, -0.2) is 25.1 Å². The van der Waals surface area contributed by atoms with E-state index in [2.05, 4.69) is 27.2 Å². The van der Waals surface area contributed by atoms with Gasteiger partial charge in [0, 0.05) is 35.3 Å². The molecule has 0 saturated heterocycles. The molecular weight excluding hydrogens is 500 g/mol. The second-order valence-electron chi connectivity index (χ2n) is 10.3. The van der Waals surface area contributed by atoms with Gasteiger partial charge in [0.25, 0.3) is 11.5 Å². The van der Waals surface area contributed by atoms with E-state index in [1.54, 1.807) is 23.0 Å². The van der Waals surface area contributed by atoms with Crippen molar-refractivity contribution in [1.29, 1.82) is 0 Å². The van der Waals surface area contributed by atoms with Gasteiger partial charge in [-0.2, -0.15) is 0 Å². The molecule has 1 saturated carbocycles. The van der Waals surface area contributed by atoms with Crippen LogP contribution in [0, 0.1) is 17.8 Å². The maximum absolute atomic E-state index is 14.2. The molecule has 6 rings (SSSR count). The van der Waals surface area contributed by atoms with Crippen LogP contribution in [0.1, 0.15) is 66.7 Å². The lowest BCUT2D eigenvalue weighted by Crippen LogP contribution is -2.32. The Labute approximate surface area is 231 Å². The van der Waals surface area contributed by atoms with E-state index < -0.39 is 11.9 Å². The molecular formula is C32H30N6O2. The Bertz CT molecular complexity index is 1840. The van der Waals surface area contributed by atoms with Crippen LogP contribution in [0.25, 0.3) is 22.1 Å². The molecule has 1 amide bonds. The van der Waals surface area contributed by atoms with Crippen molar-refractivity contribution in [3.05, 3.63) is 100 Å².